The van der Waals surface area contributed by atoms with Gasteiger partial charge in [0.25, 0.3) is 5.89 Å². The molecule has 1 aromatic carbocycles. The number of hydrogen-bond acceptors (Lipinski definition) is 5. The number of aromatic nitrogens is 2. The molecule has 1 atom stereocenters. The summed E-state index contributed by atoms with van der Waals surface area (Å²) in [6, 6.07) is 8.00. The Morgan fingerprint density at radius 1 is 1.26 bits per heavy atom. The van der Waals surface area contributed by atoms with Gasteiger partial charge in [0.15, 0.2) is 15.7 Å². The molecule has 2 aromatic rings. The molecule has 0 amide bonds. The highest BCUT2D eigenvalue weighted by Gasteiger charge is 2.32. The molecule has 0 bridgehead atoms. The highest BCUT2D eigenvalue weighted by atomic mass is 32.2. The number of nitrogens with zero attached hydrogens (tertiary/aromatic N) is 2. The van der Waals surface area contributed by atoms with E-state index in [4.69, 9.17) is 4.52 Å². The minimum atomic E-state index is -2.95. The zero-order valence-corrected chi connectivity index (χ0v) is 14.6. The molecule has 0 N–H and O–H groups in total. The van der Waals surface area contributed by atoms with Crippen LogP contribution in [-0.2, 0) is 16.3 Å². The van der Waals surface area contributed by atoms with Crippen LogP contribution in [0, 0.1) is 5.41 Å². The highest BCUT2D eigenvalue weighted by Crippen LogP contribution is 2.31. The summed E-state index contributed by atoms with van der Waals surface area (Å²) in [5.74, 6) is 1.17. The Labute approximate surface area is 137 Å². The Morgan fingerprint density at radius 3 is 2.65 bits per heavy atom. The van der Waals surface area contributed by atoms with Gasteiger partial charge in [-0.3, -0.25) is 0 Å². The molecule has 3 rings (SSSR count). The van der Waals surface area contributed by atoms with E-state index < -0.39 is 9.84 Å². The second-order valence-corrected chi connectivity index (χ2v) is 9.68. The summed E-state index contributed by atoms with van der Waals surface area (Å²) in [7, 11) is -2.95. The van der Waals surface area contributed by atoms with Crippen LogP contribution < -0.4 is 0 Å². The van der Waals surface area contributed by atoms with Crippen molar-refractivity contribution in [1.82, 2.24) is 10.1 Å². The van der Waals surface area contributed by atoms with Crippen LogP contribution in [0.25, 0.3) is 11.5 Å². The predicted octanol–water partition coefficient (Wildman–Crippen LogP) is 3.23. The lowest BCUT2D eigenvalue weighted by molar-refractivity contribution is 0.406. The molecular weight excluding hydrogens is 312 g/mol. The Morgan fingerprint density at radius 2 is 2.00 bits per heavy atom. The first-order valence-electron chi connectivity index (χ1n) is 7.86. The van der Waals surface area contributed by atoms with E-state index in [9.17, 15) is 8.42 Å². The van der Waals surface area contributed by atoms with Crippen molar-refractivity contribution in [3.63, 3.8) is 0 Å². The van der Waals surface area contributed by atoms with Crippen LogP contribution in [0.2, 0.25) is 0 Å². The number of hydrogen-bond donors (Lipinski definition) is 0. The van der Waals surface area contributed by atoms with Crippen molar-refractivity contribution in [2.45, 2.75) is 39.5 Å². The van der Waals surface area contributed by atoms with E-state index in [2.05, 4.69) is 37.0 Å². The van der Waals surface area contributed by atoms with Gasteiger partial charge in [-0.25, -0.2) is 8.42 Å². The Kier molecular flexibility index (Phi) is 4.04. The van der Waals surface area contributed by atoms with E-state index in [1.807, 2.05) is 18.2 Å². The molecule has 1 saturated heterocycles. The Balaban J connectivity index is 1.89. The van der Waals surface area contributed by atoms with Crippen molar-refractivity contribution in [2.75, 3.05) is 11.5 Å². The monoisotopic (exact) mass is 334 g/mol. The van der Waals surface area contributed by atoms with Gasteiger partial charge in [-0.2, -0.15) is 4.98 Å². The summed E-state index contributed by atoms with van der Waals surface area (Å²) in [5.41, 5.74) is 2.25. The van der Waals surface area contributed by atoms with Crippen LogP contribution in [0.5, 0.6) is 0 Å². The summed E-state index contributed by atoms with van der Waals surface area (Å²) >= 11 is 0. The third kappa shape index (κ3) is 3.80. The SMILES string of the molecule is CC(C)(C)Cc1ccccc1-c1nc(C2CCS(=O)(=O)C2)no1. The summed E-state index contributed by atoms with van der Waals surface area (Å²) in [6.45, 7) is 6.56. The minimum absolute atomic E-state index is 0.121. The van der Waals surface area contributed by atoms with Crippen LogP contribution in [0.15, 0.2) is 28.8 Å². The number of sulfone groups is 1. The smallest absolute Gasteiger partial charge is 0.258 e. The molecule has 1 unspecified atom stereocenters. The van der Waals surface area contributed by atoms with Crippen molar-refractivity contribution >= 4 is 9.84 Å². The molecule has 1 aromatic heterocycles. The number of rotatable bonds is 3. The van der Waals surface area contributed by atoms with E-state index in [0.717, 1.165) is 17.5 Å². The predicted molar refractivity (Wildman–Crippen MR) is 88.9 cm³/mol. The van der Waals surface area contributed by atoms with Crippen molar-refractivity contribution in [1.29, 1.82) is 0 Å². The fraction of sp³-hybridized carbons (Fsp3) is 0.529. The fourth-order valence-electron chi connectivity index (χ4n) is 2.96. The zero-order valence-electron chi connectivity index (χ0n) is 13.7. The third-order valence-electron chi connectivity index (χ3n) is 4.01. The average molecular weight is 334 g/mol. The molecule has 2 heterocycles. The van der Waals surface area contributed by atoms with Crippen LogP contribution in [0.4, 0.5) is 0 Å². The molecular formula is C17H22N2O3S. The molecule has 6 heteroatoms. The lowest BCUT2D eigenvalue weighted by Crippen LogP contribution is -2.10. The van der Waals surface area contributed by atoms with Gasteiger partial charge in [-0.15, -0.1) is 0 Å². The second kappa shape index (κ2) is 5.74. The van der Waals surface area contributed by atoms with Gasteiger partial charge in [-0.05, 0) is 29.9 Å². The summed E-state index contributed by atoms with van der Waals surface area (Å²) in [5, 5.41) is 4.03. The van der Waals surface area contributed by atoms with Gasteiger partial charge in [0, 0.05) is 11.5 Å². The van der Waals surface area contributed by atoms with Gasteiger partial charge in [0.2, 0.25) is 0 Å². The summed E-state index contributed by atoms with van der Waals surface area (Å²) in [6.07, 6.45) is 1.48. The van der Waals surface area contributed by atoms with Gasteiger partial charge in [0.05, 0.1) is 11.5 Å². The molecule has 1 aliphatic rings. The van der Waals surface area contributed by atoms with Gasteiger partial charge in [-0.1, -0.05) is 44.1 Å². The highest BCUT2D eigenvalue weighted by molar-refractivity contribution is 7.91. The first kappa shape index (κ1) is 16.2. The quantitative estimate of drug-likeness (QED) is 0.861. The molecule has 0 aliphatic carbocycles. The maximum atomic E-state index is 11.6. The van der Waals surface area contributed by atoms with Gasteiger partial charge < -0.3 is 4.52 Å². The molecule has 124 valence electrons. The topological polar surface area (TPSA) is 73.1 Å². The average Bonchev–Trinajstić information content (AvgIpc) is 3.04. The van der Waals surface area contributed by atoms with Crippen molar-refractivity contribution in [3.05, 3.63) is 35.7 Å². The molecule has 0 saturated carbocycles. The Bertz CT molecular complexity index is 803. The summed E-state index contributed by atoms with van der Waals surface area (Å²) in [4.78, 5) is 4.48. The molecule has 0 radical (unpaired) electrons. The first-order valence-corrected chi connectivity index (χ1v) is 9.68. The van der Waals surface area contributed by atoms with E-state index in [-0.39, 0.29) is 22.8 Å². The van der Waals surface area contributed by atoms with Crippen molar-refractivity contribution in [2.24, 2.45) is 5.41 Å². The maximum Gasteiger partial charge on any atom is 0.258 e. The number of benzene rings is 1. The van der Waals surface area contributed by atoms with Gasteiger partial charge >= 0.3 is 0 Å². The molecule has 5 nitrogen and oxygen atoms in total. The molecule has 1 aliphatic heterocycles. The van der Waals surface area contributed by atoms with Crippen LogP contribution in [-0.4, -0.2) is 30.1 Å². The van der Waals surface area contributed by atoms with Crippen LogP contribution in [0.3, 0.4) is 0 Å². The molecule has 1 fully saturated rings. The van der Waals surface area contributed by atoms with Crippen molar-refractivity contribution in [3.8, 4) is 11.5 Å². The van der Waals surface area contributed by atoms with E-state index in [1.165, 1.54) is 0 Å². The minimum Gasteiger partial charge on any atom is -0.334 e. The van der Waals surface area contributed by atoms with E-state index >= 15 is 0 Å². The van der Waals surface area contributed by atoms with E-state index in [0.29, 0.717) is 18.1 Å². The molecule has 0 spiro atoms. The van der Waals surface area contributed by atoms with Crippen LogP contribution in [0.1, 0.15) is 44.5 Å². The molecule has 23 heavy (non-hydrogen) atoms. The van der Waals surface area contributed by atoms with Crippen LogP contribution >= 0.6 is 0 Å². The van der Waals surface area contributed by atoms with Gasteiger partial charge in [0.1, 0.15) is 0 Å². The summed E-state index contributed by atoms with van der Waals surface area (Å²) < 4.78 is 28.7. The second-order valence-electron chi connectivity index (χ2n) is 7.45. The third-order valence-corrected chi connectivity index (χ3v) is 5.78. The van der Waals surface area contributed by atoms with Crippen molar-refractivity contribution < 1.29 is 12.9 Å². The normalized spacial score (nSPS) is 20.7. The zero-order chi connectivity index (χ0) is 16.7. The standard InChI is InChI=1S/C17H22N2O3S/c1-17(2,3)10-12-6-4-5-7-14(12)16-18-15(19-22-16)13-8-9-23(20,21)11-13/h4-7,13H,8-11H2,1-3H3. The fourth-order valence-corrected chi connectivity index (χ4v) is 4.70. The Hall–Kier alpha value is -1.69. The first-order chi connectivity index (χ1) is 10.7. The maximum absolute atomic E-state index is 11.6. The lowest BCUT2D eigenvalue weighted by Gasteiger charge is -2.19. The lowest BCUT2D eigenvalue weighted by atomic mass is 9.86. The largest absolute Gasteiger partial charge is 0.334 e. The van der Waals surface area contributed by atoms with E-state index in [1.54, 1.807) is 0 Å².